The second kappa shape index (κ2) is 14.7. The van der Waals surface area contributed by atoms with E-state index in [1.807, 2.05) is 37.3 Å². The van der Waals surface area contributed by atoms with Gasteiger partial charge in [-0.1, -0.05) is 73.1 Å². The minimum atomic E-state index is -3.90. The van der Waals surface area contributed by atoms with Gasteiger partial charge in [0.05, 0.1) is 18.6 Å². The molecule has 214 valence electrons. The number of halogens is 1. The third-order valence-corrected chi connectivity index (χ3v) is 7.58. The van der Waals surface area contributed by atoms with Crippen LogP contribution in [0.25, 0.3) is 0 Å². The van der Waals surface area contributed by atoms with E-state index in [1.54, 1.807) is 55.5 Å². The monoisotopic (exact) mass is 585 g/mol. The highest BCUT2D eigenvalue weighted by molar-refractivity contribution is 7.92. The lowest BCUT2D eigenvalue weighted by molar-refractivity contribution is -0.140. The van der Waals surface area contributed by atoms with E-state index in [4.69, 9.17) is 16.3 Å². The minimum absolute atomic E-state index is 0.0811. The van der Waals surface area contributed by atoms with Crippen LogP contribution in [-0.4, -0.2) is 57.1 Å². The van der Waals surface area contributed by atoms with E-state index in [0.29, 0.717) is 23.9 Å². The van der Waals surface area contributed by atoms with Crippen molar-refractivity contribution in [1.29, 1.82) is 0 Å². The van der Waals surface area contributed by atoms with Crippen molar-refractivity contribution < 1.29 is 22.7 Å². The number of para-hydroxylation sites is 2. The minimum Gasteiger partial charge on any atom is -0.492 e. The lowest BCUT2D eigenvalue weighted by Crippen LogP contribution is -2.53. The first-order valence-corrected chi connectivity index (χ1v) is 15.4. The van der Waals surface area contributed by atoms with Crippen LogP contribution in [0, 0.1) is 0 Å². The van der Waals surface area contributed by atoms with Crippen LogP contribution in [0.2, 0.25) is 5.02 Å². The van der Waals surface area contributed by atoms with Crippen molar-refractivity contribution in [2.45, 2.75) is 39.3 Å². The first-order valence-electron chi connectivity index (χ1n) is 13.2. The molecule has 1 atom stereocenters. The third kappa shape index (κ3) is 8.72. The molecule has 0 heterocycles. The summed E-state index contributed by atoms with van der Waals surface area (Å²) in [6, 6.07) is 22.2. The summed E-state index contributed by atoms with van der Waals surface area (Å²) in [5.41, 5.74) is 1.87. The van der Waals surface area contributed by atoms with Gasteiger partial charge in [0.25, 0.3) is 0 Å². The van der Waals surface area contributed by atoms with Crippen molar-refractivity contribution in [2.75, 3.05) is 30.3 Å². The molecule has 8 nitrogen and oxygen atoms in total. The summed E-state index contributed by atoms with van der Waals surface area (Å²) in [6.07, 6.45) is 2.02. The van der Waals surface area contributed by atoms with Crippen LogP contribution in [0.3, 0.4) is 0 Å². The van der Waals surface area contributed by atoms with Gasteiger partial charge in [-0.15, -0.1) is 0 Å². The van der Waals surface area contributed by atoms with Gasteiger partial charge in [-0.3, -0.25) is 13.9 Å². The van der Waals surface area contributed by atoms with E-state index in [0.717, 1.165) is 28.1 Å². The molecule has 40 heavy (non-hydrogen) atoms. The average Bonchev–Trinajstić information content (AvgIpc) is 2.93. The maximum absolute atomic E-state index is 14.1. The Bertz CT molecular complexity index is 1370. The molecule has 0 bridgehead atoms. The fourth-order valence-electron chi connectivity index (χ4n) is 4.24. The van der Waals surface area contributed by atoms with Gasteiger partial charge < -0.3 is 15.0 Å². The van der Waals surface area contributed by atoms with Crippen LogP contribution < -0.4 is 14.4 Å². The molecule has 0 aliphatic carbocycles. The molecule has 0 spiro atoms. The molecule has 3 aromatic carbocycles. The molecule has 0 radical (unpaired) electrons. The van der Waals surface area contributed by atoms with Crippen LogP contribution in [0.1, 0.15) is 31.4 Å². The summed E-state index contributed by atoms with van der Waals surface area (Å²) in [6.45, 7) is 4.08. The average molecular weight is 586 g/mol. The number of amides is 2. The lowest BCUT2D eigenvalue weighted by atomic mass is 10.0. The van der Waals surface area contributed by atoms with Crippen molar-refractivity contribution in [1.82, 2.24) is 10.2 Å². The topological polar surface area (TPSA) is 96.0 Å². The highest BCUT2D eigenvalue weighted by atomic mass is 35.5. The Morgan fingerprint density at radius 2 is 1.57 bits per heavy atom. The first-order chi connectivity index (χ1) is 19.1. The third-order valence-electron chi connectivity index (χ3n) is 6.20. The molecule has 0 saturated carbocycles. The Morgan fingerprint density at radius 3 is 2.20 bits per heavy atom. The Labute approximate surface area is 241 Å². The molecule has 1 unspecified atom stereocenters. The molecule has 10 heteroatoms. The summed E-state index contributed by atoms with van der Waals surface area (Å²) in [5, 5.41) is 3.46. The Balaban J connectivity index is 2.06. The molecular weight excluding hydrogens is 550 g/mol. The number of nitrogens with zero attached hydrogens (tertiary/aromatic N) is 2. The van der Waals surface area contributed by atoms with E-state index >= 15 is 0 Å². The van der Waals surface area contributed by atoms with Gasteiger partial charge in [0.1, 0.15) is 18.3 Å². The van der Waals surface area contributed by atoms with Crippen molar-refractivity contribution >= 4 is 39.1 Å². The number of anilines is 1. The number of hydrogen-bond donors (Lipinski definition) is 1. The van der Waals surface area contributed by atoms with Crippen LogP contribution >= 0.6 is 11.6 Å². The molecule has 1 N–H and O–H groups in total. The normalized spacial score (nSPS) is 11.9. The van der Waals surface area contributed by atoms with Crippen molar-refractivity contribution in [3.63, 3.8) is 0 Å². The highest BCUT2D eigenvalue weighted by Gasteiger charge is 2.33. The van der Waals surface area contributed by atoms with Crippen molar-refractivity contribution in [3.05, 3.63) is 95.0 Å². The second-order valence-electron chi connectivity index (χ2n) is 9.32. The number of rotatable bonds is 14. The van der Waals surface area contributed by atoms with E-state index in [-0.39, 0.29) is 24.6 Å². The fraction of sp³-hybridized carbons (Fsp3) is 0.333. The Kier molecular flexibility index (Phi) is 11.4. The smallest absolute Gasteiger partial charge is 0.244 e. The molecular formula is C30H36ClN3O5S. The summed E-state index contributed by atoms with van der Waals surface area (Å²) >= 11 is 6.09. The zero-order valence-corrected chi connectivity index (χ0v) is 24.6. The Hall–Kier alpha value is -3.56. The number of nitrogens with one attached hydrogen (secondary N) is 1. The van der Waals surface area contributed by atoms with E-state index in [1.165, 1.54) is 4.90 Å². The first kappa shape index (κ1) is 31.0. The number of carbonyl (C=O) groups excluding carboxylic acids is 2. The zero-order chi connectivity index (χ0) is 29.1. The van der Waals surface area contributed by atoms with Gasteiger partial charge in [0, 0.05) is 24.5 Å². The zero-order valence-electron chi connectivity index (χ0n) is 23.0. The molecule has 0 aliphatic rings. The number of hydrogen-bond acceptors (Lipinski definition) is 5. The summed E-state index contributed by atoms with van der Waals surface area (Å²) in [4.78, 5) is 29.1. The molecule has 0 fully saturated rings. The summed E-state index contributed by atoms with van der Waals surface area (Å²) < 4.78 is 32.7. The van der Waals surface area contributed by atoms with Gasteiger partial charge in [-0.05, 0) is 48.7 Å². The Morgan fingerprint density at radius 1 is 0.925 bits per heavy atom. The predicted octanol–water partition coefficient (Wildman–Crippen LogP) is 4.67. The molecule has 0 saturated heterocycles. The van der Waals surface area contributed by atoms with Gasteiger partial charge >= 0.3 is 0 Å². The standard InChI is InChI=1S/C30H36ClN3O5S/c1-4-19-32-30(36)27(20-23-11-7-6-8-12-23)33(21-24-15-17-25(31)18-16-24)29(35)22-34(40(3,37)38)26-13-9-10-14-28(26)39-5-2/h6-18,27H,4-5,19-22H2,1-3H3,(H,32,36). The SMILES string of the molecule is CCCNC(=O)C(Cc1ccccc1)N(Cc1ccc(Cl)cc1)C(=O)CN(c1ccccc1OCC)S(C)(=O)=O. The molecule has 3 rings (SSSR count). The molecule has 0 aromatic heterocycles. The van der Waals surface area contributed by atoms with E-state index in [9.17, 15) is 18.0 Å². The van der Waals surface area contributed by atoms with E-state index in [2.05, 4.69) is 5.32 Å². The summed E-state index contributed by atoms with van der Waals surface area (Å²) in [5.74, 6) is -0.498. The number of sulfonamides is 1. The maximum Gasteiger partial charge on any atom is 0.244 e. The number of benzene rings is 3. The largest absolute Gasteiger partial charge is 0.492 e. The highest BCUT2D eigenvalue weighted by Crippen LogP contribution is 2.30. The quantitative estimate of drug-likeness (QED) is 0.297. The van der Waals surface area contributed by atoms with E-state index < -0.39 is 28.5 Å². The van der Waals surface area contributed by atoms with Gasteiger partial charge in [-0.25, -0.2) is 8.42 Å². The molecule has 2 amide bonds. The predicted molar refractivity (Wildman–Crippen MR) is 159 cm³/mol. The van der Waals surface area contributed by atoms with Crippen LogP contribution in [0.15, 0.2) is 78.9 Å². The number of ether oxygens (including phenoxy) is 1. The van der Waals surface area contributed by atoms with Crippen LogP contribution in [-0.2, 0) is 32.6 Å². The van der Waals surface area contributed by atoms with Crippen LogP contribution in [0.4, 0.5) is 5.69 Å². The molecule has 3 aromatic rings. The van der Waals surface area contributed by atoms with Crippen molar-refractivity contribution in [2.24, 2.45) is 0 Å². The van der Waals surface area contributed by atoms with Crippen molar-refractivity contribution in [3.8, 4) is 5.75 Å². The molecule has 0 aliphatic heterocycles. The maximum atomic E-state index is 14.1. The second-order valence-corrected chi connectivity index (χ2v) is 11.7. The fourth-order valence-corrected chi connectivity index (χ4v) is 5.22. The van der Waals surface area contributed by atoms with Crippen LogP contribution in [0.5, 0.6) is 5.75 Å². The van der Waals surface area contributed by atoms with Gasteiger partial charge in [0.15, 0.2) is 0 Å². The van der Waals surface area contributed by atoms with Gasteiger partial charge in [0.2, 0.25) is 21.8 Å². The van der Waals surface area contributed by atoms with Gasteiger partial charge in [-0.2, -0.15) is 0 Å². The summed E-state index contributed by atoms with van der Waals surface area (Å²) in [7, 11) is -3.90. The number of carbonyl (C=O) groups is 2. The lowest BCUT2D eigenvalue weighted by Gasteiger charge is -2.33.